The van der Waals surface area contributed by atoms with E-state index in [0.717, 1.165) is 21.1 Å². The van der Waals surface area contributed by atoms with Crippen molar-refractivity contribution in [3.05, 3.63) is 34.4 Å². The summed E-state index contributed by atoms with van der Waals surface area (Å²) in [6.45, 7) is 4.12. The number of carboxylic acids is 1. The smallest absolute Gasteiger partial charge is 0.309 e. The highest BCUT2D eigenvalue weighted by Crippen LogP contribution is 2.27. The lowest BCUT2D eigenvalue weighted by Crippen LogP contribution is -2.09. The lowest BCUT2D eigenvalue weighted by Gasteiger charge is -2.13. The van der Waals surface area contributed by atoms with Gasteiger partial charge in [-0.15, -0.1) is 0 Å². The van der Waals surface area contributed by atoms with Crippen molar-refractivity contribution in [2.75, 3.05) is 0 Å². The van der Waals surface area contributed by atoms with Crippen LogP contribution in [0.4, 0.5) is 0 Å². The molecule has 0 amide bonds. The Labute approximate surface area is 108 Å². The first-order valence-corrected chi connectivity index (χ1v) is 6.29. The molecule has 0 saturated heterocycles. The van der Waals surface area contributed by atoms with E-state index >= 15 is 0 Å². The number of halogens is 1. The summed E-state index contributed by atoms with van der Waals surface area (Å²) < 4.78 is 3.09. The Morgan fingerprint density at radius 2 is 2.12 bits per heavy atom. The highest BCUT2D eigenvalue weighted by molar-refractivity contribution is 9.10. The summed E-state index contributed by atoms with van der Waals surface area (Å²) >= 11 is 3.43. The van der Waals surface area contributed by atoms with Gasteiger partial charge < -0.3 is 9.67 Å². The van der Waals surface area contributed by atoms with Crippen LogP contribution >= 0.6 is 15.9 Å². The third-order valence-electron chi connectivity index (χ3n) is 2.73. The molecule has 4 heteroatoms. The third-order valence-corrected chi connectivity index (χ3v) is 3.22. The van der Waals surface area contributed by atoms with Crippen molar-refractivity contribution in [2.45, 2.75) is 26.3 Å². The van der Waals surface area contributed by atoms with E-state index in [0.29, 0.717) is 0 Å². The molecule has 17 heavy (non-hydrogen) atoms. The second-order valence-corrected chi connectivity index (χ2v) is 5.29. The monoisotopic (exact) mass is 295 g/mol. The van der Waals surface area contributed by atoms with Crippen LogP contribution in [0.2, 0.25) is 0 Å². The van der Waals surface area contributed by atoms with Gasteiger partial charge in [0, 0.05) is 27.1 Å². The summed E-state index contributed by atoms with van der Waals surface area (Å²) in [7, 11) is 0. The maximum atomic E-state index is 10.9. The molecule has 2 aromatic rings. The minimum atomic E-state index is -0.797. The molecule has 1 heterocycles. The fourth-order valence-corrected chi connectivity index (χ4v) is 2.54. The second kappa shape index (κ2) is 4.53. The normalized spacial score (nSPS) is 11.3. The maximum absolute atomic E-state index is 10.9. The number of aromatic nitrogens is 1. The van der Waals surface area contributed by atoms with Crippen molar-refractivity contribution >= 4 is 32.8 Å². The zero-order chi connectivity index (χ0) is 12.6. The summed E-state index contributed by atoms with van der Waals surface area (Å²) in [5, 5.41) is 10.0. The van der Waals surface area contributed by atoms with Gasteiger partial charge in [0.2, 0.25) is 0 Å². The molecule has 0 aliphatic carbocycles. The molecule has 0 atom stereocenters. The first-order chi connectivity index (χ1) is 7.99. The highest BCUT2D eigenvalue weighted by Gasteiger charge is 2.13. The van der Waals surface area contributed by atoms with Gasteiger partial charge in [0.25, 0.3) is 0 Å². The van der Waals surface area contributed by atoms with Crippen LogP contribution in [0.5, 0.6) is 0 Å². The van der Waals surface area contributed by atoms with E-state index in [1.165, 1.54) is 0 Å². The first-order valence-electron chi connectivity index (χ1n) is 5.50. The minimum absolute atomic E-state index is 0.0600. The number of hydrogen-bond donors (Lipinski definition) is 1. The van der Waals surface area contributed by atoms with Crippen LogP contribution in [-0.2, 0) is 11.2 Å². The van der Waals surface area contributed by atoms with Crippen molar-refractivity contribution in [3.8, 4) is 0 Å². The Balaban J connectivity index is 2.65. The zero-order valence-electron chi connectivity index (χ0n) is 9.77. The van der Waals surface area contributed by atoms with Crippen LogP contribution in [0.15, 0.2) is 28.7 Å². The van der Waals surface area contributed by atoms with Gasteiger partial charge in [-0.1, -0.05) is 15.9 Å². The van der Waals surface area contributed by atoms with E-state index in [4.69, 9.17) is 5.11 Å². The van der Waals surface area contributed by atoms with Crippen molar-refractivity contribution in [1.29, 1.82) is 0 Å². The molecule has 0 unspecified atom stereocenters. The quantitative estimate of drug-likeness (QED) is 0.940. The molecule has 90 valence electrons. The van der Waals surface area contributed by atoms with Gasteiger partial charge in [0.05, 0.1) is 6.42 Å². The van der Waals surface area contributed by atoms with Gasteiger partial charge in [0.1, 0.15) is 0 Å². The number of aliphatic carboxylic acids is 1. The summed E-state index contributed by atoms with van der Waals surface area (Å²) in [6, 6.07) is 8.22. The van der Waals surface area contributed by atoms with Crippen molar-refractivity contribution < 1.29 is 9.90 Å². The minimum Gasteiger partial charge on any atom is -0.481 e. The number of rotatable bonds is 3. The summed E-state index contributed by atoms with van der Waals surface area (Å²) in [5.41, 5.74) is 1.93. The molecular weight excluding hydrogens is 282 g/mol. The van der Waals surface area contributed by atoms with Gasteiger partial charge in [-0.05, 0) is 38.1 Å². The van der Waals surface area contributed by atoms with Crippen LogP contribution in [0.1, 0.15) is 25.6 Å². The molecule has 2 rings (SSSR count). The maximum Gasteiger partial charge on any atom is 0.309 e. The average molecular weight is 296 g/mol. The molecule has 1 aromatic carbocycles. The van der Waals surface area contributed by atoms with Crippen LogP contribution in [-0.4, -0.2) is 15.6 Å². The van der Waals surface area contributed by atoms with E-state index in [9.17, 15) is 4.79 Å². The van der Waals surface area contributed by atoms with E-state index in [2.05, 4.69) is 34.3 Å². The molecule has 1 N–H and O–H groups in total. The van der Waals surface area contributed by atoms with E-state index in [1.807, 2.05) is 24.3 Å². The molecule has 0 radical (unpaired) electrons. The SMILES string of the molecule is CC(C)n1c(CC(=O)O)cc2cc(Br)ccc21. The van der Waals surface area contributed by atoms with Gasteiger partial charge in [-0.3, -0.25) is 4.79 Å². The number of hydrogen-bond acceptors (Lipinski definition) is 1. The summed E-state index contributed by atoms with van der Waals surface area (Å²) in [6.07, 6.45) is 0.0600. The average Bonchev–Trinajstić information content (AvgIpc) is 2.53. The number of nitrogens with zero attached hydrogens (tertiary/aromatic N) is 1. The largest absolute Gasteiger partial charge is 0.481 e. The predicted octanol–water partition coefficient (Wildman–Crippen LogP) is 3.61. The van der Waals surface area contributed by atoms with E-state index in [1.54, 1.807) is 0 Å². The molecule has 0 spiro atoms. The first kappa shape index (κ1) is 12.2. The fraction of sp³-hybridized carbons (Fsp3) is 0.308. The molecule has 0 bridgehead atoms. The fourth-order valence-electron chi connectivity index (χ4n) is 2.17. The second-order valence-electron chi connectivity index (χ2n) is 4.37. The Hall–Kier alpha value is -1.29. The van der Waals surface area contributed by atoms with Crippen LogP contribution < -0.4 is 0 Å². The van der Waals surface area contributed by atoms with E-state index in [-0.39, 0.29) is 12.5 Å². The third kappa shape index (κ3) is 2.36. The molecule has 3 nitrogen and oxygen atoms in total. The van der Waals surface area contributed by atoms with Crippen molar-refractivity contribution in [2.24, 2.45) is 0 Å². The lowest BCUT2D eigenvalue weighted by atomic mass is 10.2. The Morgan fingerprint density at radius 3 is 2.71 bits per heavy atom. The van der Waals surface area contributed by atoms with Gasteiger partial charge in [-0.2, -0.15) is 0 Å². The molecule has 0 fully saturated rings. The van der Waals surface area contributed by atoms with Crippen LogP contribution in [0, 0.1) is 0 Å². The molecule has 0 aliphatic rings. The highest BCUT2D eigenvalue weighted by atomic mass is 79.9. The molecule has 1 aromatic heterocycles. The number of fused-ring (bicyclic) bond motifs is 1. The lowest BCUT2D eigenvalue weighted by molar-refractivity contribution is -0.136. The van der Waals surface area contributed by atoms with Crippen LogP contribution in [0.3, 0.4) is 0 Å². The Kier molecular flexibility index (Phi) is 3.24. The topological polar surface area (TPSA) is 42.2 Å². The number of carboxylic acid groups (broad SMARTS) is 1. The van der Waals surface area contributed by atoms with Gasteiger partial charge >= 0.3 is 5.97 Å². The van der Waals surface area contributed by atoms with Gasteiger partial charge in [-0.25, -0.2) is 0 Å². The molecule has 0 saturated carbocycles. The van der Waals surface area contributed by atoms with Crippen molar-refractivity contribution in [1.82, 2.24) is 4.57 Å². The predicted molar refractivity (Wildman–Crippen MR) is 71.4 cm³/mol. The van der Waals surface area contributed by atoms with Crippen molar-refractivity contribution in [3.63, 3.8) is 0 Å². The summed E-state index contributed by atoms with van der Waals surface area (Å²) in [5.74, 6) is -0.797. The zero-order valence-corrected chi connectivity index (χ0v) is 11.4. The Bertz CT molecular complexity index is 572. The number of carbonyl (C=O) groups is 1. The van der Waals surface area contributed by atoms with Gasteiger partial charge in [0.15, 0.2) is 0 Å². The molecule has 0 aliphatic heterocycles. The van der Waals surface area contributed by atoms with E-state index < -0.39 is 5.97 Å². The summed E-state index contributed by atoms with van der Waals surface area (Å²) in [4.78, 5) is 10.9. The molecular formula is C13H14BrNO2. The Morgan fingerprint density at radius 1 is 1.41 bits per heavy atom. The standard InChI is InChI=1S/C13H14BrNO2/c1-8(2)15-11(7-13(16)17)6-9-5-10(14)3-4-12(9)15/h3-6,8H,7H2,1-2H3,(H,16,17). The number of benzene rings is 1. The van der Waals surface area contributed by atoms with Crippen LogP contribution in [0.25, 0.3) is 10.9 Å².